The van der Waals surface area contributed by atoms with Gasteiger partial charge in [0.25, 0.3) is 0 Å². The molecule has 2 atom stereocenters. The lowest BCUT2D eigenvalue weighted by molar-refractivity contribution is 0.346. The minimum Gasteiger partial charge on any atom is -0.329 e. The van der Waals surface area contributed by atoms with Crippen molar-refractivity contribution in [3.63, 3.8) is 0 Å². The summed E-state index contributed by atoms with van der Waals surface area (Å²) in [4.78, 5) is 0. The summed E-state index contributed by atoms with van der Waals surface area (Å²) in [7, 11) is 0. The van der Waals surface area contributed by atoms with Crippen molar-refractivity contribution in [3.8, 4) is 0 Å². The molecule has 2 unspecified atom stereocenters. The lowest BCUT2D eigenvalue weighted by atomic mass is 9.99. The average molecular weight is 185 g/mol. The van der Waals surface area contributed by atoms with E-state index in [2.05, 4.69) is 17.6 Å². The average Bonchev–Trinajstić information content (AvgIpc) is 2.16. The van der Waals surface area contributed by atoms with Gasteiger partial charge in [-0.25, -0.2) is 0 Å². The van der Waals surface area contributed by atoms with Crippen molar-refractivity contribution in [2.45, 2.75) is 44.7 Å². The molecule has 78 valence electrons. The summed E-state index contributed by atoms with van der Waals surface area (Å²) in [5.41, 5.74) is 5.43. The van der Waals surface area contributed by atoms with Crippen LogP contribution in [0.15, 0.2) is 0 Å². The Bertz CT molecular complexity index is 121. The van der Waals surface area contributed by atoms with Crippen LogP contribution >= 0.6 is 0 Å². The van der Waals surface area contributed by atoms with E-state index < -0.39 is 0 Å². The zero-order valence-corrected chi connectivity index (χ0v) is 8.68. The molecule has 0 spiro atoms. The van der Waals surface area contributed by atoms with E-state index in [1.165, 1.54) is 32.2 Å². The van der Waals surface area contributed by atoms with Gasteiger partial charge in [-0.1, -0.05) is 6.42 Å². The van der Waals surface area contributed by atoms with Crippen LogP contribution in [0, 0.1) is 0 Å². The van der Waals surface area contributed by atoms with E-state index in [-0.39, 0.29) is 0 Å². The molecule has 0 saturated carbocycles. The van der Waals surface area contributed by atoms with E-state index in [0.29, 0.717) is 6.04 Å². The Balaban J connectivity index is 2.07. The van der Waals surface area contributed by atoms with E-state index in [4.69, 9.17) is 5.73 Å². The Morgan fingerprint density at radius 1 is 1.54 bits per heavy atom. The molecular weight excluding hydrogens is 162 g/mol. The Morgan fingerprint density at radius 3 is 3.00 bits per heavy atom. The van der Waals surface area contributed by atoms with Gasteiger partial charge in [-0.2, -0.15) is 0 Å². The zero-order valence-electron chi connectivity index (χ0n) is 8.68. The molecule has 0 aromatic rings. The topological polar surface area (TPSA) is 50.1 Å². The van der Waals surface area contributed by atoms with Crippen molar-refractivity contribution in [1.82, 2.24) is 10.6 Å². The maximum Gasteiger partial charge on any atom is 0.00817 e. The first-order valence-electron chi connectivity index (χ1n) is 5.49. The Morgan fingerprint density at radius 2 is 2.38 bits per heavy atom. The van der Waals surface area contributed by atoms with Gasteiger partial charge in [-0.3, -0.25) is 0 Å². The van der Waals surface area contributed by atoms with Crippen LogP contribution in [0.1, 0.15) is 32.6 Å². The van der Waals surface area contributed by atoms with Crippen LogP contribution in [-0.4, -0.2) is 31.7 Å². The molecule has 0 amide bonds. The largest absolute Gasteiger partial charge is 0.329 e. The monoisotopic (exact) mass is 185 g/mol. The van der Waals surface area contributed by atoms with Crippen molar-refractivity contribution >= 4 is 0 Å². The van der Waals surface area contributed by atoms with E-state index >= 15 is 0 Å². The molecule has 1 aliphatic rings. The first kappa shape index (κ1) is 11.0. The van der Waals surface area contributed by atoms with Gasteiger partial charge in [0.2, 0.25) is 0 Å². The van der Waals surface area contributed by atoms with Gasteiger partial charge in [-0.05, 0) is 32.7 Å². The fraction of sp³-hybridized carbons (Fsp3) is 1.00. The van der Waals surface area contributed by atoms with Gasteiger partial charge in [0.15, 0.2) is 0 Å². The number of rotatable bonds is 5. The van der Waals surface area contributed by atoms with Crippen molar-refractivity contribution < 1.29 is 0 Å². The Labute approximate surface area is 81.5 Å². The quantitative estimate of drug-likeness (QED) is 0.583. The molecule has 1 heterocycles. The minimum absolute atomic E-state index is 0.596. The van der Waals surface area contributed by atoms with Crippen LogP contribution in [0.4, 0.5) is 0 Å². The predicted molar refractivity (Wildman–Crippen MR) is 56.8 cm³/mol. The van der Waals surface area contributed by atoms with Crippen LogP contribution in [0.25, 0.3) is 0 Å². The molecule has 13 heavy (non-hydrogen) atoms. The number of hydrogen-bond donors (Lipinski definition) is 3. The van der Waals surface area contributed by atoms with Crippen molar-refractivity contribution in [3.05, 3.63) is 0 Å². The van der Waals surface area contributed by atoms with E-state index in [0.717, 1.165) is 19.1 Å². The summed E-state index contributed by atoms with van der Waals surface area (Å²) in [5, 5.41) is 6.97. The molecule has 4 N–H and O–H groups in total. The third-order valence-corrected chi connectivity index (χ3v) is 2.69. The highest BCUT2D eigenvalue weighted by molar-refractivity contribution is 4.76. The van der Waals surface area contributed by atoms with Gasteiger partial charge in [0, 0.05) is 25.2 Å². The van der Waals surface area contributed by atoms with Crippen molar-refractivity contribution in [1.29, 1.82) is 0 Å². The smallest absolute Gasteiger partial charge is 0.00817 e. The summed E-state index contributed by atoms with van der Waals surface area (Å²) in [6.45, 7) is 5.12. The molecule has 0 bridgehead atoms. The van der Waals surface area contributed by atoms with Gasteiger partial charge in [0.05, 0.1) is 0 Å². The van der Waals surface area contributed by atoms with Crippen LogP contribution in [0.3, 0.4) is 0 Å². The van der Waals surface area contributed by atoms with Crippen LogP contribution < -0.4 is 16.4 Å². The third kappa shape index (κ3) is 4.60. The van der Waals surface area contributed by atoms with Crippen molar-refractivity contribution in [2.75, 3.05) is 19.6 Å². The molecular formula is C10H23N3. The SMILES string of the molecule is CC(CC1CCCCN1)NCCN. The fourth-order valence-corrected chi connectivity index (χ4v) is 1.97. The molecule has 3 nitrogen and oxygen atoms in total. The summed E-state index contributed by atoms with van der Waals surface area (Å²) >= 11 is 0. The lowest BCUT2D eigenvalue weighted by Gasteiger charge is -2.26. The molecule has 1 rings (SSSR count). The van der Waals surface area contributed by atoms with Gasteiger partial charge >= 0.3 is 0 Å². The van der Waals surface area contributed by atoms with Crippen LogP contribution in [0.2, 0.25) is 0 Å². The van der Waals surface area contributed by atoms with Crippen LogP contribution in [0.5, 0.6) is 0 Å². The zero-order chi connectivity index (χ0) is 9.52. The lowest BCUT2D eigenvalue weighted by Crippen LogP contribution is -2.40. The summed E-state index contributed by atoms with van der Waals surface area (Å²) < 4.78 is 0. The number of nitrogens with one attached hydrogen (secondary N) is 2. The van der Waals surface area contributed by atoms with E-state index in [1.54, 1.807) is 0 Å². The van der Waals surface area contributed by atoms with Gasteiger partial charge in [-0.15, -0.1) is 0 Å². The van der Waals surface area contributed by atoms with E-state index in [1.807, 2.05) is 0 Å². The molecule has 0 aromatic carbocycles. The third-order valence-electron chi connectivity index (χ3n) is 2.69. The Hall–Kier alpha value is -0.120. The minimum atomic E-state index is 0.596. The normalized spacial score (nSPS) is 25.8. The molecule has 1 aliphatic heterocycles. The number of hydrogen-bond acceptors (Lipinski definition) is 3. The molecule has 0 radical (unpaired) electrons. The molecule has 1 fully saturated rings. The number of nitrogens with two attached hydrogens (primary N) is 1. The summed E-state index contributed by atoms with van der Waals surface area (Å²) in [6.07, 6.45) is 5.32. The van der Waals surface area contributed by atoms with E-state index in [9.17, 15) is 0 Å². The van der Waals surface area contributed by atoms with Gasteiger partial charge < -0.3 is 16.4 Å². The second-order valence-corrected chi connectivity index (χ2v) is 4.03. The highest BCUT2D eigenvalue weighted by Crippen LogP contribution is 2.11. The highest BCUT2D eigenvalue weighted by atomic mass is 15.0. The molecule has 0 aromatic heterocycles. The first-order chi connectivity index (χ1) is 6.33. The maximum absolute atomic E-state index is 5.43. The van der Waals surface area contributed by atoms with Crippen LogP contribution in [-0.2, 0) is 0 Å². The Kier molecular flexibility index (Phi) is 5.35. The molecule has 0 aliphatic carbocycles. The summed E-state index contributed by atoms with van der Waals surface area (Å²) in [5.74, 6) is 0. The highest BCUT2D eigenvalue weighted by Gasteiger charge is 2.14. The fourth-order valence-electron chi connectivity index (χ4n) is 1.97. The number of piperidine rings is 1. The standard InChI is InChI=1S/C10H23N3/c1-9(12-7-5-11)8-10-4-2-3-6-13-10/h9-10,12-13H,2-8,11H2,1H3. The maximum atomic E-state index is 5.43. The summed E-state index contributed by atoms with van der Waals surface area (Å²) in [6, 6.07) is 1.33. The second-order valence-electron chi connectivity index (χ2n) is 4.03. The van der Waals surface area contributed by atoms with Crippen molar-refractivity contribution in [2.24, 2.45) is 5.73 Å². The first-order valence-corrected chi connectivity index (χ1v) is 5.49. The predicted octanol–water partition coefficient (Wildman–Crippen LogP) is 0.455. The van der Waals surface area contributed by atoms with Gasteiger partial charge in [0.1, 0.15) is 0 Å². The second kappa shape index (κ2) is 6.35. The molecule has 1 saturated heterocycles. The molecule has 3 heteroatoms.